The summed E-state index contributed by atoms with van der Waals surface area (Å²) in [7, 11) is 2.11. The van der Waals surface area contributed by atoms with Gasteiger partial charge in [0.05, 0.1) is 20.5 Å². The van der Waals surface area contributed by atoms with Gasteiger partial charge in [0, 0.05) is 22.8 Å². The number of halogens is 1. The van der Waals surface area contributed by atoms with Gasteiger partial charge in [-0.3, -0.25) is 4.90 Å². The lowest BCUT2D eigenvalue weighted by molar-refractivity contribution is 0.212. The molecule has 0 aliphatic heterocycles. The van der Waals surface area contributed by atoms with E-state index in [1.54, 1.807) is 22.7 Å². The number of hydrogen-bond donors (Lipinski definition) is 1. The van der Waals surface area contributed by atoms with Gasteiger partial charge in [-0.2, -0.15) is 0 Å². The maximum atomic E-state index is 6.17. The summed E-state index contributed by atoms with van der Waals surface area (Å²) in [6.07, 6.45) is 0. The summed E-state index contributed by atoms with van der Waals surface area (Å²) in [6, 6.07) is 4.52. The molecule has 0 saturated heterocycles. The SMILES string of the molecule is Cc1nc(CN(C)C(c2ccc(Br)s2)C(C)N)cs1. The molecule has 0 spiro atoms. The Morgan fingerprint density at radius 3 is 2.68 bits per heavy atom. The first-order valence-electron chi connectivity index (χ1n) is 6.09. The van der Waals surface area contributed by atoms with Gasteiger partial charge in [-0.05, 0) is 49.0 Å². The van der Waals surface area contributed by atoms with Gasteiger partial charge in [-0.1, -0.05) is 0 Å². The van der Waals surface area contributed by atoms with Gasteiger partial charge in [0.1, 0.15) is 0 Å². The number of nitrogens with two attached hydrogens (primary N) is 1. The van der Waals surface area contributed by atoms with Crippen LogP contribution < -0.4 is 5.73 Å². The van der Waals surface area contributed by atoms with Crippen LogP contribution in [0, 0.1) is 6.92 Å². The Hall–Kier alpha value is -0.270. The van der Waals surface area contributed by atoms with Crippen molar-refractivity contribution in [3.63, 3.8) is 0 Å². The molecule has 2 rings (SSSR count). The van der Waals surface area contributed by atoms with E-state index in [1.165, 1.54) is 4.88 Å². The molecule has 2 heterocycles. The van der Waals surface area contributed by atoms with Gasteiger partial charge >= 0.3 is 0 Å². The van der Waals surface area contributed by atoms with E-state index < -0.39 is 0 Å². The highest BCUT2D eigenvalue weighted by atomic mass is 79.9. The topological polar surface area (TPSA) is 42.2 Å². The molecule has 0 radical (unpaired) electrons. The van der Waals surface area contributed by atoms with Crippen molar-refractivity contribution in [2.24, 2.45) is 5.73 Å². The van der Waals surface area contributed by atoms with Crippen LogP contribution in [-0.2, 0) is 6.54 Å². The third-order valence-corrected chi connectivity index (χ3v) is 5.45. The van der Waals surface area contributed by atoms with E-state index in [9.17, 15) is 0 Å². The van der Waals surface area contributed by atoms with Crippen LogP contribution in [0.25, 0.3) is 0 Å². The van der Waals surface area contributed by atoms with Gasteiger partial charge < -0.3 is 5.73 Å². The van der Waals surface area contributed by atoms with Gasteiger partial charge in [-0.15, -0.1) is 22.7 Å². The molecule has 2 aromatic rings. The summed E-state index contributed by atoms with van der Waals surface area (Å²) in [6.45, 7) is 4.92. The first-order chi connectivity index (χ1) is 8.97. The smallest absolute Gasteiger partial charge is 0.0897 e. The number of hydrogen-bond acceptors (Lipinski definition) is 5. The summed E-state index contributed by atoms with van der Waals surface area (Å²) in [5, 5.41) is 3.23. The Kier molecular flexibility index (Phi) is 5.14. The first-order valence-corrected chi connectivity index (χ1v) is 8.58. The number of thiophene rings is 1. The van der Waals surface area contributed by atoms with Crippen LogP contribution in [0.5, 0.6) is 0 Å². The first kappa shape index (κ1) is 15.1. The van der Waals surface area contributed by atoms with Crippen molar-refractivity contribution in [2.45, 2.75) is 32.5 Å². The minimum absolute atomic E-state index is 0.0790. The third-order valence-electron chi connectivity index (χ3n) is 2.94. The molecule has 0 aromatic carbocycles. The fourth-order valence-corrected chi connectivity index (χ4v) is 4.51. The highest BCUT2D eigenvalue weighted by molar-refractivity contribution is 9.11. The number of aromatic nitrogens is 1. The van der Waals surface area contributed by atoms with Crippen molar-refractivity contribution >= 4 is 38.6 Å². The van der Waals surface area contributed by atoms with Crippen LogP contribution in [0.3, 0.4) is 0 Å². The minimum Gasteiger partial charge on any atom is -0.326 e. The van der Waals surface area contributed by atoms with E-state index >= 15 is 0 Å². The number of rotatable bonds is 5. The molecule has 6 heteroatoms. The minimum atomic E-state index is 0.0790. The molecule has 0 amide bonds. The molecule has 19 heavy (non-hydrogen) atoms. The lowest BCUT2D eigenvalue weighted by Crippen LogP contribution is -2.36. The maximum absolute atomic E-state index is 6.17. The standard InChI is InChI=1S/C13H18BrN3S2/c1-8(15)13(11-4-5-12(14)19-11)17(3)6-10-7-18-9(2)16-10/h4-5,7-8,13H,6,15H2,1-3H3. The largest absolute Gasteiger partial charge is 0.326 e. The van der Waals surface area contributed by atoms with Crippen molar-refractivity contribution in [2.75, 3.05) is 7.05 Å². The van der Waals surface area contributed by atoms with Gasteiger partial charge in [0.2, 0.25) is 0 Å². The molecule has 3 nitrogen and oxygen atoms in total. The molecule has 2 N–H and O–H groups in total. The van der Waals surface area contributed by atoms with E-state index in [1.807, 2.05) is 6.92 Å². The zero-order valence-electron chi connectivity index (χ0n) is 11.3. The predicted octanol–water partition coefficient (Wildman–Crippen LogP) is 3.80. The molecule has 2 aromatic heterocycles. The van der Waals surface area contributed by atoms with Crippen LogP contribution in [-0.4, -0.2) is 23.0 Å². The number of nitrogens with zero attached hydrogens (tertiary/aromatic N) is 2. The molecule has 104 valence electrons. The van der Waals surface area contributed by atoms with Crippen molar-refractivity contribution in [1.82, 2.24) is 9.88 Å². The number of thiazole rings is 1. The van der Waals surface area contributed by atoms with Crippen molar-refractivity contribution in [3.8, 4) is 0 Å². The van der Waals surface area contributed by atoms with Crippen molar-refractivity contribution < 1.29 is 0 Å². The van der Waals surface area contributed by atoms with E-state index in [0.717, 1.165) is 21.0 Å². The monoisotopic (exact) mass is 359 g/mol. The summed E-state index contributed by atoms with van der Waals surface area (Å²) >= 11 is 6.96. The highest BCUT2D eigenvalue weighted by Crippen LogP contribution is 2.32. The van der Waals surface area contributed by atoms with Gasteiger partial charge in [0.25, 0.3) is 0 Å². The van der Waals surface area contributed by atoms with E-state index in [-0.39, 0.29) is 12.1 Å². The van der Waals surface area contributed by atoms with Crippen LogP contribution in [0.2, 0.25) is 0 Å². The molecule has 2 atom stereocenters. The zero-order valence-corrected chi connectivity index (χ0v) is 14.5. The molecule has 0 saturated carbocycles. The van der Waals surface area contributed by atoms with E-state index in [0.29, 0.717) is 0 Å². The second-order valence-electron chi connectivity index (χ2n) is 4.72. The fraction of sp³-hybridized carbons (Fsp3) is 0.462. The summed E-state index contributed by atoms with van der Waals surface area (Å²) in [5.74, 6) is 0. The second kappa shape index (κ2) is 6.45. The van der Waals surface area contributed by atoms with E-state index in [2.05, 4.69) is 57.3 Å². The van der Waals surface area contributed by atoms with Crippen LogP contribution in [0.15, 0.2) is 21.3 Å². The average Bonchev–Trinajstić information content (AvgIpc) is 2.88. The average molecular weight is 360 g/mol. The van der Waals surface area contributed by atoms with Crippen LogP contribution >= 0.6 is 38.6 Å². The van der Waals surface area contributed by atoms with E-state index in [4.69, 9.17) is 5.73 Å². The van der Waals surface area contributed by atoms with Gasteiger partial charge in [0.15, 0.2) is 0 Å². The lowest BCUT2D eigenvalue weighted by atomic mass is 10.1. The molecule has 0 aliphatic carbocycles. The van der Waals surface area contributed by atoms with Crippen molar-refractivity contribution in [1.29, 1.82) is 0 Å². The van der Waals surface area contributed by atoms with Gasteiger partial charge in [-0.25, -0.2) is 4.98 Å². The quantitative estimate of drug-likeness (QED) is 0.882. The summed E-state index contributed by atoms with van der Waals surface area (Å²) in [5.41, 5.74) is 7.29. The number of likely N-dealkylation sites (N-methyl/N-ethyl adjacent to an activating group) is 1. The van der Waals surface area contributed by atoms with Crippen LogP contribution in [0.1, 0.15) is 28.5 Å². The Morgan fingerprint density at radius 2 is 2.21 bits per heavy atom. The second-order valence-corrected chi connectivity index (χ2v) is 8.28. The number of aryl methyl sites for hydroxylation is 1. The molecule has 2 unspecified atom stereocenters. The summed E-state index contributed by atoms with van der Waals surface area (Å²) < 4.78 is 1.14. The predicted molar refractivity (Wildman–Crippen MR) is 86.7 cm³/mol. The molecule has 0 bridgehead atoms. The zero-order chi connectivity index (χ0) is 14.0. The Labute approximate surface area is 130 Å². The fourth-order valence-electron chi connectivity index (χ4n) is 2.20. The molecular formula is C13H18BrN3S2. The van der Waals surface area contributed by atoms with Crippen LogP contribution in [0.4, 0.5) is 0 Å². The molecular weight excluding hydrogens is 342 g/mol. The normalized spacial score (nSPS) is 14.8. The maximum Gasteiger partial charge on any atom is 0.0897 e. The Balaban J connectivity index is 2.15. The lowest BCUT2D eigenvalue weighted by Gasteiger charge is -2.29. The summed E-state index contributed by atoms with van der Waals surface area (Å²) in [4.78, 5) is 8.08. The Bertz CT molecular complexity index is 535. The third kappa shape index (κ3) is 3.86. The highest BCUT2D eigenvalue weighted by Gasteiger charge is 2.23. The Morgan fingerprint density at radius 1 is 1.47 bits per heavy atom. The molecule has 0 aliphatic rings. The van der Waals surface area contributed by atoms with Crippen molar-refractivity contribution in [3.05, 3.63) is 36.9 Å². The molecule has 0 fully saturated rings.